The number of ether oxygens (including phenoxy) is 2. The third kappa shape index (κ3) is 7.98. The Balaban J connectivity index is 1.85. The van der Waals surface area contributed by atoms with E-state index in [2.05, 4.69) is 20.2 Å². The fourth-order valence-corrected chi connectivity index (χ4v) is 2.81. The number of carbonyl (C=O) groups is 2. The second kappa shape index (κ2) is 12.3. The third-order valence-corrected chi connectivity index (χ3v) is 4.31. The zero-order valence-electron chi connectivity index (χ0n) is 15.9. The molecule has 0 radical (unpaired) electrons. The van der Waals surface area contributed by atoms with E-state index in [4.69, 9.17) is 9.47 Å². The zero-order valence-corrected chi connectivity index (χ0v) is 15.9. The number of methoxy groups -OCH3 is 1. The van der Waals surface area contributed by atoms with E-state index in [1.165, 1.54) is 18.6 Å². The van der Waals surface area contributed by atoms with Gasteiger partial charge in [-0.15, -0.1) is 0 Å². The van der Waals surface area contributed by atoms with E-state index < -0.39 is 0 Å². The Morgan fingerprint density at radius 3 is 2.81 bits per heavy atom. The summed E-state index contributed by atoms with van der Waals surface area (Å²) < 4.78 is 10.3. The molecule has 0 aliphatic carbocycles. The second-order valence-electron chi connectivity index (χ2n) is 6.28. The topological polar surface area (TPSA) is 96.9 Å². The predicted octanol–water partition coefficient (Wildman–Crippen LogP) is -0.206. The van der Waals surface area contributed by atoms with Gasteiger partial charge in [-0.05, 0) is 6.42 Å². The summed E-state index contributed by atoms with van der Waals surface area (Å²) >= 11 is 0. The summed E-state index contributed by atoms with van der Waals surface area (Å²) in [6.07, 6.45) is 5.56. The summed E-state index contributed by atoms with van der Waals surface area (Å²) in [7, 11) is 1.59. The van der Waals surface area contributed by atoms with Gasteiger partial charge in [0.25, 0.3) is 5.91 Å². The first-order chi connectivity index (χ1) is 13.2. The quantitative estimate of drug-likeness (QED) is 0.532. The number of morpholine rings is 1. The van der Waals surface area contributed by atoms with Crippen molar-refractivity contribution in [3.05, 3.63) is 24.3 Å². The number of hydrogen-bond donors (Lipinski definition) is 1. The molecule has 0 unspecified atom stereocenters. The van der Waals surface area contributed by atoms with Gasteiger partial charge in [-0.3, -0.25) is 19.5 Å². The van der Waals surface area contributed by atoms with Crippen LogP contribution in [0.3, 0.4) is 0 Å². The number of rotatable bonds is 11. The summed E-state index contributed by atoms with van der Waals surface area (Å²) in [4.78, 5) is 36.7. The van der Waals surface area contributed by atoms with Crippen molar-refractivity contribution in [3.8, 4) is 0 Å². The average Bonchev–Trinajstić information content (AvgIpc) is 2.71. The lowest BCUT2D eigenvalue weighted by Crippen LogP contribution is -2.40. The van der Waals surface area contributed by atoms with Gasteiger partial charge in [0.1, 0.15) is 5.69 Å². The minimum absolute atomic E-state index is 0.0998. The Morgan fingerprint density at radius 2 is 2.11 bits per heavy atom. The monoisotopic (exact) mass is 379 g/mol. The summed E-state index contributed by atoms with van der Waals surface area (Å²) in [5.74, 6) is -0.299. The third-order valence-electron chi connectivity index (χ3n) is 4.31. The molecule has 9 heteroatoms. The van der Waals surface area contributed by atoms with Crippen molar-refractivity contribution in [2.45, 2.75) is 12.8 Å². The summed E-state index contributed by atoms with van der Waals surface area (Å²) in [6, 6.07) is 0. The molecule has 9 nitrogen and oxygen atoms in total. The van der Waals surface area contributed by atoms with E-state index >= 15 is 0 Å². The van der Waals surface area contributed by atoms with Crippen LogP contribution in [0, 0.1) is 0 Å². The van der Waals surface area contributed by atoms with E-state index in [1.807, 2.05) is 0 Å². The first kappa shape index (κ1) is 21.2. The van der Waals surface area contributed by atoms with Crippen molar-refractivity contribution in [1.82, 2.24) is 25.1 Å². The first-order valence-corrected chi connectivity index (χ1v) is 9.31. The highest BCUT2D eigenvalue weighted by atomic mass is 16.5. The Kier molecular flexibility index (Phi) is 9.67. The number of nitrogens with one attached hydrogen (secondary N) is 1. The largest absolute Gasteiger partial charge is 0.383 e. The molecule has 2 amide bonds. The first-order valence-electron chi connectivity index (χ1n) is 9.31. The molecule has 0 atom stereocenters. The van der Waals surface area contributed by atoms with E-state index in [0.29, 0.717) is 31.9 Å². The zero-order chi connectivity index (χ0) is 19.3. The van der Waals surface area contributed by atoms with E-state index in [9.17, 15) is 9.59 Å². The molecule has 0 bridgehead atoms. The van der Waals surface area contributed by atoms with Gasteiger partial charge in [-0.1, -0.05) is 0 Å². The lowest BCUT2D eigenvalue weighted by atomic mass is 10.2. The minimum atomic E-state index is -0.199. The molecule has 27 heavy (non-hydrogen) atoms. The van der Waals surface area contributed by atoms with Crippen molar-refractivity contribution in [2.75, 3.05) is 66.2 Å². The fourth-order valence-electron chi connectivity index (χ4n) is 2.81. The molecule has 1 aromatic rings. The van der Waals surface area contributed by atoms with Crippen LogP contribution >= 0.6 is 0 Å². The van der Waals surface area contributed by atoms with Gasteiger partial charge in [0.05, 0.1) is 26.0 Å². The van der Waals surface area contributed by atoms with Gasteiger partial charge < -0.3 is 19.7 Å². The van der Waals surface area contributed by atoms with Gasteiger partial charge in [0, 0.05) is 65.2 Å². The maximum Gasteiger partial charge on any atom is 0.274 e. The standard InChI is InChI=1S/C18H29N5O4/c1-26-12-6-21-17(24)3-9-23(18(25)16-15-19-4-5-20-16)8-2-7-22-10-13-27-14-11-22/h4-5,15H,2-3,6-14H2,1H3,(H,21,24). The highest BCUT2D eigenvalue weighted by molar-refractivity contribution is 5.92. The molecule has 0 spiro atoms. The highest BCUT2D eigenvalue weighted by Crippen LogP contribution is 2.05. The summed E-state index contributed by atoms with van der Waals surface area (Å²) in [5, 5.41) is 2.77. The van der Waals surface area contributed by atoms with E-state index in [1.54, 1.807) is 12.0 Å². The van der Waals surface area contributed by atoms with Crippen LogP contribution in [0.25, 0.3) is 0 Å². The van der Waals surface area contributed by atoms with Crippen LogP contribution in [0.1, 0.15) is 23.3 Å². The van der Waals surface area contributed by atoms with Crippen LogP contribution in [-0.4, -0.2) is 97.8 Å². The maximum atomic E-state index is 12.7. The molecule has 1 aromatic heterocycles. The molecule has 1 N–H and O–H groups in total. The molecule has 0 saturated carbocycles. The lowest BCUT2D eigenvalue weighted by molar-refractivity contribution is -0.121. The molecule has 2 rings (SSSR count). The highest BCUT2D eigenvalue weighted by Gasteiger charge is 2.19. The molecule has 2 heterocycles. The number of aromatic nitrogens is 2. The maximum absolute atomic E-state index is 12.7. The van der Waals surface area contributed by atoms with Crippen molar-refractivity contribution < 1.29 is 19.1 Å². The van der Waals surface area contributed by atoms with Crippen LogP contribution in [0.15, 0.2) is 18.6 Å². The van der Waals surface area contributed by atoms with E-state index in [0.717, 1.165) is 39.3 Å². The van der Waals surface area contributed by atoms with Gasteiger partial charge in [0.15, 0.2) is 0 Å². The molecule has 1 fully saturated rings. The molecular formula is C18H29N5O4. The number of nitrogens with zero attached hydrogens (tertiary/aromatic N) is 4. The molecule has 150 valence electrons. The Labute approximate surface area is 160 Å². The fraction of sp³-hybridized carbons (Fsp3) is 0.667. The van der Waals surface area contributed by atoms with Gasteiger partial charge >= 0.3 is 0 Å². The Hall–Kier alpha value is -2.10. The molecular weight excluding hydrogens is 350 g/mol. The van der Waals surface area contributed by atoms with Crippen LogP contribution in [-0.2, 0) is 14.3 Å². The number of hydrogen-bond acceptors (Lipinski definition) is 7. The van der Waals surface area contributed by atoms with Crippen LogP contribution in [0.5, 0.6) is 0 Å². The number of amides is 2. The lowest BCUT2D eigenvalue weighted by Gasteiger charge is -2.28. The Bertz CT molecular complexity index is 566. The molecule has 1 saturated heterocycles. The molecule has 1 aliphatic rings. The van der Waals surface area contributed by atoms with Crippen LogP contribution in [0.2, 0.25) is 0 Å². The van der Waals surface area contributed by atoms with E-state index in [-0.39, 0.29) is 18.2 Å². The SMILES string of the molecule is COCCNC(=O)CCN(CCCN1CCOCC1)C(=O)c1cnccn1. The molecule has 0 aromatic carbocycles. The smallest absolute Gasteiger partial charge is 0.274 e. The van der Waals surface area contributed by atoms with Crippen LogP contribution < -0.4 is 5.32 Å². The minimum Gasteiger partial charge on any atom is -0.383 e. The summed E-state index contributed by atoms with van der Waals surface area (Å²) in [6.45, 7) is 6.08. The van der Waals surface area contributed by atoms with Crippen molar-refractivity contribution in [1.29, 1.82) is 0 Å². The average molecular weight is 379 g/mol. The van der Waals surface area contributed by atoms with Gasteiger partial charge in [-0.2, -0.15) is 0 Å². The number of carbonyl (C=O) groups excluding carboxylic acids is 2. The van der Waals surface area contributed by atoms with Crippen molar-refractivity contribution >= 4 is 11.8 Å². The summed E-state index contributed by atoms with van der Waals surface area (Å²) in [5.41, 5.74) is 0.295. The molecule has 1 aliphatic heterocycles. The second-order valence-corrected chi connectivity index (χ2v) is 6.28. The van der Waals surface area contributed by atoms with Gasteiger partial charge in [-0.25, -0.2) is 4.98 Å². The van der Waals surface area contributed by atoms with Crippen LogP contribution in [0.4, 0.5) is 0 Å². The van der Waals surface area contributed by atoms with Gasteiger partial charge in [0.2, 0.25) is 5.91 Å². The van der Waals surface area contributed by atoms with Crippen molar-refractivity contribution in [3.63, 3.8) is 0 Å². The normalized spacial score (nSPS) is 14.7. The van der Waals surface area contributed by atoms with Crippen molar-refractivity contribution in [2.24, 2.45) is 0 Å². The Morgan fingerprint density at radius 1 is 1.30 bits per heavy atom. The predicted molar refractivity (Wildman–Crippen MR) is 99.3 cm³/mol.